The summed E-state index contributed by atoms with van der Waals surface area (Å²) in [4.78, 5) is 13.6. The van der Waals surface area contributed by atoms with E-state index in [1.54, 1.807) is 12.1 Å². The highest BCUT2D eigenvalue weighted by atomic mass is 16.1. The first kappa shape index (κ1) is 15.3. The van der Waals surface area contributed by atoms with Crippen molar-refractivity contribution in [2.75, 3.05) is 30.7 Å². The summed E-state index contributed by atoms with van der Waals surface area (Å²) >= 11 is 0. The molecule has 1 amide bonds. The van der Waals surface area contributed by atoms with Crippen LogP contribution in [0.25, 0.3) is 0 Å². The van der Waals surface area contributed by atoms with Gasteiger partial charge in [0.2, 0.25) is 0 Å². The molecule has 0 saturated carbocycles. The lowest BCUT2D eigenvalue weighted by Crippen LogP contribution is -2.35. The first-order chi connectivity index (χ1) is 8.99. The van der Waals surface area contributed by atoms with Crippen LogP contribution in [0.15, 0.2) is 18.2 Å². The van der Waals surface area contributed by atoms with Crippen molar-refractivity contribution in [1.82, 2.24) is 4.90 Å². The predicted molar refractivity (Wildman–Crippen MR) is 80.2 cm³/mol. The van der Waals surface area contributed by atoms with E-state index in [-0.39, 0.29) is 6.04 Å². The maximum absolute atomic E-state index is 11.2. The number of amides is 1. The van der Waals surface area contributed by atoms with E-state index in [0.29, 0.717) is 11.3 Å². The molecule has 0 fully saturated rings. The number of nitrogen functional groups attached to an aromatic ring is 1. The van der Waals surface area contributed by atoms with Crippen LogP contribution in [0.5, 0.6) is 0 Å². The molecule has 0 spiro atoms. The summed E-state index contributed by atoms with van der Waals surface area (Å²) in [6.45, 7) is 9.32. The molecule has 0 bridgehead atoms. The van der Waals surface area contributed by atoms with Gasteiger partial charge >= 0.3 is 0 Å². The highest BCUT2D eigenvalue weighted by Gasteiger charge is 2.12. The van der Waals surface area contributed by atoms with Gasteiger partial charge in [0.05, 0.1) is 16.9 Å². The molecule has 1 aromatic carbocycles. The van der Waals surface area contributed by atoms with Crippen LogP contribution in [-0.4, -0.2) is 36.5 Å². The molecule has 0 aliphatic heterocycles. The van der Waals surface area contributed by atoms with Gasteiger partial charge in [-0.3, -0.25) is 4.79 Å². The molecule has 5 N–H and O–H groups in total. The van der Waals surface area contributed by atoms with Crippen molar-refractivity contribution in [2.24, 2.45) is 5.73 Å². The molecule has 1 atom stereocenters. The number of rotatable bonds is 7. The average molecular weight is 264 g/mol. The van der Waals surface area contributed by atoms with Crippen LogP contribution in [-0.2, 0) is 0 Å². The minimum Gasteiger partial charge on any atom is -0.396 e. The summed E-state index contributed by atoms with van der Waals surface area (Å²) in [5, 5.41) is 3.33. The van der Waals surface area contributed by atoms with Gasteiger partial charge in [-0.15, -0.1) is 0 Å². The highest BCUT2D eigenvalue weighted by molar-refractivity contribution is 6.00. The molecule has 5 nitrogen and oxygen atoms in total. The van der Waals surface area contributed by atoms with E-state index in [1.807, 2.05) is 6.07 Å². The number of carbonyl (C=O) groups excluding carboxylic acids is 1. The van der Waals surface area contributed by atoms with Crippen LogP contribution in [0.3, 0.4) is 0 Å². The van der Waals surface area contributed by atoms with Crippen molar-refractivity contribution in [3.63, 3.8) is 0 Å². The number of nitrogens with one attached hydrogen (secondary N) is 1. The second-order valence-electron chi connectivity index (χ2n) is 4.66. The Morgan fingerprint density at radius 2 is 2.00 bits per heavy atom. The van der Waals surface area contributed by atoms with Crippen LogP contribution in [0, 0.1) is 0 Å². The van der Waals surface area contributed by atoms with E-state index in [1.165, 1.54) is 0 Å². The minimum atomic E-state index is -0.502. The Balaban J connectivity index is 2.77. The second kappa shape index (κ2) is 6.99. The van der Waals surface area contributed by atoms with E-state index in [9.17, 15) is 4.79 Å². The van der Waals surface area contributed by atoms with Crippen LogP contribution < -0.4 is 16.8 Å². The van der Waals surface area contributed by atoms with E-state index in [2.05, 4.69) is 31.0 Å². The van der Waals surface area contributed by atoms with E-state index >= 15 is 0 Å². The summed E-state index contributed by atoms with van der Waals surface area (Å²) < 4.78 is 0. The lowest BCUT2D eigenvalue weighted by atomic mass is 10.1. The number of hydrogen-bond acceptors (Lipinski definition) is 4. The average Bonchev–Trinajstić information content (AvgIpc) is 2.38. The van der Waals surface area contributed by atoms with Crippen molar-refractivity contribution in [1.29, 1.82) is 0 Å². The third kappa shape index (κ3) is 4.13. The SMILES string of the molecule is CCN(CC)CC(C)Nc1cccc(C(N)=O)c1N. The number of primary amides is 1. The highest BCUT2D eigenvalue weighted by Crippen LogP contribution is 2.23. The zero-order chi connectivity index (χ0) is 14.4. The number of hydrogen-bond donors (Lipinski definition) is 3. The summed E-state index contributed by atoms with van der Waals surface area (Å²) in [6, 6.07) is 5.52. The van der Waals surface area contributed by atoms with Crippen molar-refractivity contribution >= 4 is 17.3 Å². The second-order valence-corrected chi connectivity index (χ2v) is 4.66. The van der Waals surface area contributed by atoms with Gasteiger partial charge in [0.15, 0.2) is 0 Å². The van der Waals surface area contributed by atoms with Gasteiger partial charge in [-0.1, -0.05) is 19.9 Å². The Bertz CT molecular complexity index is 429. The van der Waals surface area contributed by atoms with Crippen molar-refractivity contribution in [3.05, 3.63) is 23.8 Å². The fourth-order valence-electron chi connectivity index (χ4n) is 2.09. The van der Waals surface area contributed by atoms with E-state index < -0.39 is 5.91 Å². The molecular weight excluding hydrogens is 240 g/mol. The molecule has 106 valence electrons. The molecule has 0 radical (unpaired) electrons. The monoisotopic (exact) mass is 264 g/mol. The van der Waals surface area contributed by atoms with Crippen molar-refractivity contribution in [2.45, 2.75) is 26.8 Å². The van der Waals surface area contributed by atoms with Crippen LogP contribution in [0.2, 0.25) is 0 Å². The fourth-order valence-corrected chi connectivity index (χ4v) is 2.09. The molecule has 1 aromatic rings. The normalized spacial score (nSPS) is 12.4. The first-order valence-electron chi connectivity index (χ1n) is 6.66. The zero-order valence-electron chi connectivity index (χ0n) is 11.9. The lowest BCUT2D eigenvalue weighted by molar-refractivity contribution is 0.100. The molecule has 0 aromatic heterocycles. The molecule has 19 heavy (non-hydrogen) atoms. The Morgan fingerprint density at radius 1 is 1.37 bits per heavy atom. The third-order valence-corrected chi connectivity index (χ3v) is 3.20. The summed E-state index contributed by atoms with van der Waals surface area (Å²) in [5.41, 5.74) is 12.8. The Labute approximate surface area is 115 Å². The predicted octanol–water partition coefficient (Wildman–Crippen LogP) is 1.51. The summed E-state index contributed by atoms with van der Waals surface area (Å²) in [7, 11) is 0. The van der Waals surface area contributed by atoms with Gasteiger partial charge in [0.1, 0.15) is 0 Å². The zero-order valence-corrected chi connectivity index (χ0v) is 11.9. The molecule has 0 heterocycles. The number of benzene rings is 1. The van der Waals surface area contributed by atoms with Gasteiger partial charge in [-0.05, 0) is 32.1 Å². The molecule has 1 rings (SSSR count). The molecule has 0 aliphatic rings. The standard InChI is InChI=1S/C14H24N4O/c1-4-18(5-2)9-10(3)17-12-8-6-7-11(13(12)15)14(16)19/h6-8,10,17H,4-5,9,15H2,1-3H3,(H2,16,19). The molecular formula is C14H24N4O. The Kier molecular flexibility index (Phi) is 5.63. The molecule has 1 unspecified atom stereocenters. The first-order valence-corrected chi connectivity index (χ1v) is 6.66. The smallest absolute Gasteiger partial charge is 0.250 e. The summed E-state index contributed by atoms with van der Waals surface area (Å²) in [6.07, 6.45) is 0. The number of para-hydroxylation sites is 1. The lowest BCUT2D eigenvalue weighted by Gasteiger charge is -2.24. The van der Waals surface area contributed by atoms with Gasteiger partial charge in [0, 0.05) is 12.6 Å². The molecule has 0 saturated heterocycles. The number of carbonyl (C=O) groups is 1. The van der Waals surface area contributed by atoms with E-state index in [0.717, 1.165) is 25.3 Å². The van der Waals surface area contributed by atoms with Gasteiger partial charge in [-0.2, -0.15) is 0 Å². The molecule has 5 heteroatoms. The van der Waals surface area contributed by atoms with Gasteiger partial charge in [-0.25, -0.2) is 0 Å². The minimum absolute atomic E-state index is 0.241. The number of nitrogens with two attached hydrogens (primary N) is 2. The Morgan fingerprint density at radius 3 is 2.53 bits per heavy atom. The fraction of sp³-hybridized carbons (Fsp3) is 0.500. The quantitative estimate of drug-likeness (QED) is 0.652. The Hall–Kier alpha value is -1.75. The summed E-state index contributed by atoms with van der Waals surface area (Å²) in [5.74, 6) is -0.502. The van der Waals surface area contributed by atoms with Crippen molar-refractivity contribution < 1.29 is 4.79 Å². The number of likely N-dealkylation sites (N-methyl/N-ethyl adjacent to an activating group) is 1. The largest absolute Gasteiger partial charge is 0.396 e. The number of nitrogens with zero attached hydrogens (tertiary/aromatic N) is 1. The topological polar surface area (TPSA) is 84.4 Å². The van der Waals surface area contributed by atoms with E-state index in [4.69, 9.17) is 11.5 Å². The van der Waals surface area contributed by atoms with Crippen LogP contribution >= 0.6 is 0 Å². The van der Waals surface area contributed by atoms with Gasteiger partial charge < -0.3 is 21.7 Å². The van der Waals surface area contributed by atoms with Crippen LogP contribution in [0.4, 0.5) is 11.4 Å². The molecule has 0 aliphatic carbocycles. The maximum Gasteiger partial charge on any atom is 0.250 e. The number of anilines is 2. The van der Waals surface area contributed by atoms with Crippen LogP contribution in [0.1, 0.15) is 31.1 Å². The van der Waals surface area contributed by atoms with Crippen molar-refractivity contribution in [3.8, 4) is 0 Å². The third-order valence-electron chi connectivity index (χ3n) is 3.20. The van der Waals surface area contributed by atoms with Gasteiger partial charge in [0.25, 0.3) is 5.91 Å². The maximum atomic E-state index is 11.2.